The van der Waals surface area contributed by atoms with Crippen molar-refractivity contribution in [1.82, 2.24) is 4.57 Å². The van der Waals surface area contributed by atoms with Crippen LogP contribution in [0.5, 0.6) is 0 Å². The van der Waals surface area contributed by atoms with Gasteiger partial charge in [0, 0.05) is 28.4 Å². The molecule has 0 radical (unpaired) electrons. The second-order valence-corrected chi connectivity index (χ2v) is 5.33. The van der Waals surface area contributed by atoms with Gasteiger partial charge in [-0.25, -0.2) is 0 Å². The maximum atomic E-state index is 2.42. The molecule has 21 heavy (non-hydrogen) atoms. The zero-order valence-electron chi connectivity index (χ0n) is 12.1. The van der Waals surface area contributed by atoms with Crippen LogP contribution in [-0.2, 0) is 6.54 Å². The number of fused-ring (bicyclic) bond motifs is 3. The van der Waals surface area contributed by atoms with Gasteiger partial charge in [0.05, 0.1) is 5.52 Å². The maximum absolute atomic E-state index is 2.42. The van der Waals surface area contributed by atoms with Crippen LogP contribution in [0.3, 0.4) is 0 Å². The third-order valence-corrected chi connectivity index (χ3v) is 4.19. The Morgan fingerprint density at radius 2 is 1.43 bits per heavy atom. The van der Waals surface area contributed by atoms with Crippen molar-refractivity contribution in [2.24, 2.45) is 0 Å². The number of hydrogen-bond acceptors (Lipinski definition) is 0. The monoisotopic (exact) mass is 271 g/mol. The molecule has 0 saturated carbocycles. The molecule has 4 rings (SSSR count). The summed E-state index contributed by atoms with van der Waals surface area (Å²) in [6.07, 6.45) is 0. The highest BCUT2D eigenvalue weighted by Crippen LogP contribution is 2.35. The standard InChI is InChI=1S/C20H17N/c1-2-21-19-14-7-6-11-17(19)18-13-8-12-16(20(18)21)15-9-4-3-5-10-15/h3-14H,2H2,1H3. The van der Waals surface area contributed by atoms with Crippen LogP contribution in [0.15, 0.2) is 72.8 Å². The summed E-state index contributed by atoms with van der Waals surface area (Å²) in [6, 6.07) is 26.0. The van der Waals surface area contributed by atoms with Crippen molar-refractivity contribution in [2.75, 3.05) is 0 Å². The van der Waals surface area contributed by atoms with Crippen LogP contribution in [0.4, 0.5) is 0 Å². The highest BCUT2D eigenvalue weighted by molar-refractivity contribution is 6.12. The first kappa shape index (κ1) is 12.2. The van der Waals surface area contributed by atoms with E-state index in [2.05, 4.69) is 84.3 Å². The fourth-order valence-corrected chi connectivity index (χ4v) is 3.29. The average Bonchev–Trinajstić information content (AvgIpc) is 2.89. The minimum Gasteiger partial charge on any atom is -0.340 e. The molecule has 0 saturated heterocycles. The first-order valence-electron chi connectivity index (χ1n) is 7.45. The van der Waals surface area contributed by atoms with E-state index in [1.54, 1.807) is 0 Å². The van der Waals surface area contributed by atoms with Gasteiger partial charge in [-0.15, -0.1) is 0 Å². The normalized spacial score (nSPS) is 11.3. The molecule has 0 N–H and O–H groups in total. The van der Waals surface area contributed by atoms with Crippen LogP contribution in [0.2, 0.25) is 0 Å². The Balaban J connectivity index is 2.19. The van der Waals surface area contributed by atoms with Gasteiger partial charge in [-0.05, 0) is 18.6 Å². The van der Waals surface area contributed by atoms with E-state index < -0.39 is 0 Å². The molecule has 1 heteroatoms. The third kappa shape index (κ3) is 1.78. The first-order valence-corrected chi connectivity index (χ1v) is 7.45. The number of para-hydroxylation sites is 2. The quantitative estimate of drug-likeness (QED) is 0.455. The minimum absolute atomic E-state index is 0.980. The number of aryl methyl sites for hydroxylation is 1. The summed E-state index contributed by atoms with van der Waals surface area (Å²) in [7, 11) is 0. The Bertz CT molecular complexity index is 917. The van der Waals surface area contributed by atoms with E-state index >= 15 is 0 Å². The highest BCUT2D eigenvalue weighted by Gasteiger charge is 2.13. The van der Waals surface area contributed by atoms with Crippen molar-refractivity contribution in [3.05, 3.63) is 72.8 Å². The lowest BCUT2D eigenvalue weighted by atomic mass is 10.0. The Kier molecular flexibility index (Phi) is 2.78. The molecule has 0 aliphatic heterocycles. The zero-order valence-corrected chi connectivity index (χ0v) is 12.1. The Hall–Kier alpha value is -2.54. The number of rotatable bonds is 2. The minimum atomic E-state index is 0.980. The molecule has 0 fully saturated rings. The second kappa shape index (κ2) is 4.78. The molecule has 1 heterocycles. The van der Waals surface area contributed by atoms with Gasteiger partial charge in [-0.3, -0.25) is 0 Å². The topological polar surface area (TPSA) is 4.93 Å². The van der Waals surface area contributed by atoms with Crippen LogP contribution in [0, 0.1) is 0 Å². The van der Waals surface area contributed by atoms with E-state index in [4.69, 9.17) is 0 Å². The van der Waals surface area contributed by atoms with Crippen molar-refractivity contribution in [3.63, 3.8) is 0 Å². The third-order valence-electron chi connectivity index (χ3n) is 4.19. The average molecular weight is 271 g/mol. The van der Waals surface area contributed by atoms with Crippen LogP contribution in [0.1, 0.15) is 6.92 Å². The zero-order chi connectivity index (χ0) is 14.2. The lowest BCUT2D eigenvalue weighted by molar-refractivity contribution is 0.828. The Labute approximate surface area is 124 Å². The Morgan fingerprint density at radius 1 is 0.714 bits per heavy atom. The second-order valence-electron chi connectivity index (χ2n) is 5.33. The summed E-state index contributed by atoms with van der Waals surface area (Å²) in [6.45, 7) is 3.20. The van der Waals surface area contributed by atoms with Crippen molar-refractivity contribution in [3.8, 4) is 11.1 Å². The number of nitrogens with zero attached hydrogens (tertiary/aromatic N) is 1. The molecule has 0 aliphatic carbocycles. The predicted molar refractivity (Wildman–Crippen MR) is 90.6 cm³/mol. The summed E-state index contributed by atoms with van der Waals surface area (Å²) in [5, 5.41) is 2.68. The lowest BCUT2D eigenvalue weighted by Gasteiger charge is -2.09. The first-order chi connectivity index (χ1) is 10.4. The van der Waals surface area contributed by atoms with Gasteiger partial charge in [-0.2, -0.15) is 0 Å². The molecule has 1 nitrogen and oxygen atoms in total. The lowest BCUT2D eigenvalue weighted by Crippen LogP contribution is -1.94. The van der Waals surface area contributed by atoms with E-state index in [-0.39, 0.29) is 0 Å². The smallest absolute Gasteiger partial charge is 0.0570 e. The van der Waals surface area contributed by atoms with E-state index in [1.807, 2.05) is 0 Å². The number of aromatic nitrogens is 1. The van der Waals surface area contributed by atoms with Gasteiger partial charge in [0.25, 0.3) is 0 Å². The predicted octanol–water partition coefficient (Wildman–Crippen LogP) is 5.48. The van der Waals surface area contributed by atoms with Crippen LogP contribution < -0.4 is 0 Å². The summed E-state index contributed by atoms with van der Waals surface area (Å²) in [5.41, 5.74) is 5.25. The van der Waals surface area contributed by atoms with Crippen molar-refractivity contribution < 1.29 is 0 Å². The largest absolute Gasteiger partial charge is 0.340 e. The molecular weight excluding hydrogens is 254 g/mol. The summed E-state index contributed by atoms with van der Waals surface area (Å²) in [4.78, 5) is 0. The van der Waals surface area contributed by atoms with Crippen molar-refractivity contribution in [1.29, 1.82) is 0 Å². The SMILES string of the molecule is CCn1c2ccccc2c2cccc(-c3ccccc3)c21. The molecule has 3 aromatic carbocycles. The van der Waals surface area contributed by atoms with Gasteiger partial charge >= 0.3 is 0 Å². The summed E-state index contributed by atoms with van der Waals surface area (Å²) >= 11 is 0. The van der Waals surface area contributed by atoms with E-state index in [0.717, 1.165) is 6.54 Å². The molecule has 4 aromatic rings. The summed E-state index contributed by atoms with van der Waals surface area (Å²) < 4.78 is 2.42. The molecule has 102 valence electrons. The van der Waals surface area contributed by atoms with Gasteiger partial charge < -0.3 is 4.57 Å². The molecule has 0 spiro atoms. The number of hydrogen-bond donors (Lipinski definition) is 0. The fourth-order valence-electron chi connectivity index (χ4n) is 3.29. The number of benzene rings is 3. The van der Waals surface area contributed by atoms with Crippen LogP contribution in [0.25, 0.3) is 32.9 Å². The van der Waals surface area contributed by atoms with E-state index in [1.165, 1.54) is 32.9 Å². The summed E-state index contributed by atoms with van der Waals surface area (Å²) in [5.74, 6) is 0. The van der Waals surface area contributed by atoms with Crippen LogP contribution in [-0.4, -0.2) is 4.57 Å². The van der Waals surface area contributed by atoms with Crippen molar-refractivity contribution in [2.45, 2.75) is 13.5 Å². The van der Waals surface area contributed by atoms with E-state index in [9.17, 15) is 0 Å². The maximum Gasteiger partial charge on any atom is 0.0570 e. The van der Waals surface area contributed by atoms with Gasteiger partial charge in [0.15, 0.2) is 0 Å². The fraction of sp³-hybridized carbons (Fsp3) is 0.100. The molecule has 0 atom stereocenters. The van der Waals surface area contributed by atoms with Crippen LogP contribution >= 0.6 is 0 Å². The Morgan fingerprint density at radius 3 is 2.24 bits per heavy atom. The van der Waals surface area contributed by atoms with Gasteiger partial charge in [0.1, 0.15) is 0 Å². The van der Waals surface area contributed by atoms with Gasteiger partial charge in [-0.1, -0.05) is 66.7 Å². The molecule has 0 bridgehead atoms. The highest BCUT2D eigenvalue weighted by atomic mass is 15.0. The van der Waals surface area contributed by atoms with Gasteiger partial charge in [0.2, 0.25) is 0 Å². The van der Waals surface area contributed by atoms with E-state index in [0.29, 0.717) is 0 Å². The molecule has 0 aliphatic rings. The van der Waals surface area contributed by atoms with Crippen molar-refractivity contribution >= 4 is 21.8 Å². The molecule has 0 unspecified atom stereocenters. The molecular formula is C20H17N. The molecule has 0 amide bonds. The molecule has 1 aromatic heterocycles.